The van der Waals surface area contributed by atoms with Gasteiger partial charge in [0.25, 0.3) is 5.92 Å². The molecule has 0 spiro atoms. The molecule has 0 fully saturated rings. The minimum absolute atomic E-state index is 0.00534. The van der Waals surface area contributed by atoms with Crippen molar-refractivity contribution in [2.45, 2.75) is 39.5 Å². The van der Waals surface area contributed by atoms with E-state index in [9.17, 15) is 8.78 Å². The minimum Gasteiger partial charge on any atom is -0.493 e. The van der Waals surface area contributed by atoms with Crippen molar-refractivity contribution < 1.29 is 18.3 Å². The fourth-order valence-corrected chi connectivity index (χ4v) is 3.49. The van der Waals surface area contributed by atoms with E-state index in [0.29, 0.717) is 41.7 Å². The van der Waals surface area contributed by atoms with Crippen molar-refractivity contribution in [3.8, 4) is 11.5 Å². The van der Waals surface area contributed by atoms with E-state index in [0.717, 1.165) is 37.4 Å². The molecule has 2 rings (SSSR count). The molecule has 0 heterocycles. The van der Waals surface area contributed by atoms with Gasteiger partial charge in [-0.15, -0.1) is 0 Å². The van der Waals surface area contributed by atoms with Crippen molar-refractivity contribution in [3.63, 3.8) is 0 Å². The molecule has 0 radical (unpaired) electrons. The summed E-state index contributed by atoms with van der Waals surface area (Å²) >= 11 is 6.00. The van der Waals surface area contributed by atoms with Crippen LogP contribution in [0, 0.1) is 0 Å². The highest BCUT2D eigenvalue weighted by Gasteiger charge is 2.28. The monoisotopic (exact) mass is 492 g/mol. The lowest BCUT2D eigenvalue weighted by Gasteiger charge is -2.22. The molecule has 0 bridgehead atoms. The summed E-state index contributed by atoms with van der Waals surface area (Å²) in [4.78, 5) is 2.02. The van der Waals surface area contributed by atoms with Crippen LogP contribution < -0.4 is 14.8 Å². The molecular formula is C27H35ClF2N2O2. The number of alkyl halides is 2. The number of anilines is 1. The Hall–Kier alpha value is -2.57. The van der Waals surface area contributed by atoms with Gasteiger partial charge in [0, 0.05) is 35.4 Å². The van der Waals surface area contributed by atoms with Crippen LogP contribution in [-0.4, -0.2) is 38.8 Å². The van der Waals surface area contributed by atoms with Gasteiger partial charge in [-0.1, -0.05) is 43.7 Å². The van der Waals surface area contributed by atoms with Crippen LogP contribution in [0.1, 0.15) is 50.3 Å². The second-order valence-electron chi connectivity index (χ2n) is 8.67. The van der Waals surface area contributed by atoms with Crippen LogP contribution in [0.4, 0.5) is 14.5 Å². The Morgan fingerprint density at radius 3 is 2.24 bits per heavy atom. The van der Waals surface area contributed by atoms with Gasteiger partial charge in [0.05, 0.1) is 12.2 Å². The fraction of sp³-hybridized carbons (Fsp3) is 0.407. The third kappa shape index (κ3) is 7.74. The summed E-state index contributed by atoms with van der Waals surface area (Å²) in [5, 5.41) is 3.14. The molecule has 7 heteroatoms. The summed E-state index contributed by atoms with van der Waals surface area (Å²) in [5.41, 5.74) is 3.05. The van der Waals surface area contributed by atoms with Gasteiger partial charge in [-0.05, 0) is 63.3 Å². The Balaban J connectivity index is 2.50. The van der Waals surface area contributed by atoms with Crippen LogP contribution in [0.2, 0.25) is 5.02 Å². The Morgan fingerprint density at radius 2 is 1.71 bits per heavy atom. The first-order chi connectivity index (χ1) is 15.9. The smallest absolute Gasteiger partial charge is 0.272 e. The quantitative estimate of drug-likeness (QED) is 0.290. The molecule has 0 aliphatic carbocycles. The van der Waals surface area contributed by atoms with Gasteiger partial charge < -0.3 is 19.7 Å². The average Bonchev–Trinajstić information content (AvgIpc) is 2.73. The van der Waals surface area contributed by atoms with E-state index in [1.165, 1.54) is 12.1 Å². The predicted octanol–water partition coefficient (Wildman–Crippen LogP) is 7.69. The molecule has 1 N–H and O–H groups in total. The Labute approximate surface area is 207 Å². The van der Waals surface area contributed by atoms with E-state index in [2.05, 4.69) is 25.4 Å². The first-order valence-electron chi connectivity index (χ1n) is 11.3. The number of benzene rings is 2. The van der Waals surface area contributed by atoms with Gasteiger partial charge in [-0.3, -0.25) is 0 Å². The zero-order chi connectivity index (χ0) is 25.5. The van der Waals surface area contributed by atoms with Gasteiger partial charge in [0.2, 0.25) is 0 Å². The molecule has 0 saturated carbocycles. The number of hydrogen-bond donors (Lipinski definition) is 1. The molecule has 2 aromatic carbocycles. The minimum atomic E-state index is -3.08. The second-order valence-corrected chi connectivity index (χ2v) is 9.08. The molecule has 0 aromatic heterocycles. The molecule has 0 atom stereocenters. The summed E-state index contributed by atoms with van der Waals surface area (Å²) in [5.74, 6) is -1.89. The van der Waals surface area contributed by atoms with Crippen LogP contribution in [0.15, 0.2) is 43.5 Å². The molecule has 186 valence electrons. The summed E-state index contributed by atoms with van der Waals surface area (Å²) < 4.78 is 40.2. The standard InChI is InChI=1S/C27H35ClF2N2O2/c1-8-9-13-33-24-15-20(18(2)3)16-25(34-14-12-32(6)7)26(24)19(4)31-21-10-11-23(28)22(17-21)27(5,29)30/h10-11,15-17,31H,2,4,8-9,12-14H2,1,3,5-7H3. The van der Waals surface area contributed by atoms with Crippen molar-refractivity contribution >= 4 is 28.6 Å². The molecule has 0 aliphatic heterocycles. The molecule has 0 saturated heterocycles. The highest BCUT2D eigenvalue weighted by molar-refractivity contribution is 6.31. The number of unbranched alkanes of at least 4 members (excludes halogenated alkanes) is 1. The number of allylic oxidation sites excluding steroid dienone is 1. The number of nitrogens with zero attached hydrogens (tertiary/aromatic N) is 1. The number of hydrogen-bond acceptors (Lipinski definition) is 4. The number of halogens is 3. The zero-order valence-corrected chi connectivity index (χ0v) is 21.5. The largest absolute Gasteiger partial charge is 0.493 e. The van der Waals surface area contributed by atoms with E-state index in [4.69, 9.17) is 21.1 Å². The molecule has 0 amide bonds. The Kier molecular flexibility index (Phi) is 9.95. The average molecular weight is 493 g/mol. The number of likely N-dealkylation sites (N-methyl/N-ethyl adjacent to an activating group) is 1. The van der Waals surface area contributed by atoms with Crippen molar-refractivity contribution in [1.29, 1.82) is 0 Å². The third-order valence-corrected chi connectivity index (χ3v) is 5.48. The maximum atomic E-state index is 14.0. The first-order valence-corrected chi connectivity index (χ1v) is 11.7. The Morgan fingerprint density at radius 1 is 1.09 bits per heavy atom. The lowest BCUT2D eigenvalue weighted by atomic mass is 10.0. The van der Waals surface area contributed by atoms with Crippen molar-refractivity contribution in [3.05, 3.63) is 65.2 Å². The van der Waals surface area contributed by atoms with Crippen LogP contribution in [-0.2, 0) is 5.92 Å². The molecular weight excluding hydrogens is 458 g/mol. The van der Waals surface area contributed by atoms with Crippen molar-refractivity contribution in [2.24, 2.45) is 0 Å². The van der Waals surface area contributed by atoms with Gasteiger partial charge in [0.1, 0.15) is 18.1 Å². The second kappa shape index (κ2) is 12.2. The van der Waals surface area contributed by atoms with Crippen molar-refractivity contribution in [2.75, 3.05) is 39.2 Å². The van der Waals surface area contributed by atoms with E-state index >= 15 is 0 Å². The van der Waals surface area contributed by atoms with Crippen LogP contribution in [0.3, 0.4) is 0 Å². The molecule has 2 aromatic rings. The number of ether oxygens (including phenoxy) is 2. The SMILES string of the molecule is C=C(C)c1cc(OCCCC)c(C(=C)Nc2ccc(Cl)c(C(C)(F)F)c2)c(OCCN(C)C)c1. The van der Waals surface area contributed by atoms with E-state index in [1.807, 2.05) is 38.1 Å². The van der Waals surface area contributed by atoms with Gasteiger partial charge >= 0.3 is 0 Å². The zero-order valence-electron chi connectivity index (χ0n) is 20.7. The van der Waals surface area contributed by atoms with Crippen LogP contribution in [0.25, 0.3) is 11.3 Å². The number of rotatable bonds is 13. The maximum Gasteiger partial charge on any atom is 0.272 e. The summed E-state index contributed by atoms with van der Waals surface area (Å²) in [6.45, 7) is 14.8. The van der Waals surface area contributed by atoms with Crippen LogP contribution in [0.5, 0.6) is 11.5 Å². The van der Waals surface area contributed by atoms with Gasteiger partial charge in [-0.25, -0.2) is 8.78 Å². The topological polar surface area (TPSA) is 33.7 Å². The molecule has 0 unspecified atom stereocenters. The summed E-state index contributed by atoms with van der Waals surface area (Å²) in [6.07, 6.45) is 1.87. The fourth-order valence-electron chi connectivity index (χ4n) is 3.20. The lowest BCUT2D eigenvalue weighted by molar-refractivity contribution is 0.0176. The molecule has 0 aliphatic rings. The van der Waals surface area contributed by atoms with Crippen LogP contribution >= 0.6 is 11.6 Å². The lowest BCUT2D eigenvalue weighted by Crippen LogP contribution is -2.20. The van der Waals surface area contributed by atoms with Gasteiger partial charge in [-0.2, -0.15) is 0 Å². The third-order valence-electron chi connectivity index (χ3n) is 5.15. The van der Waals surface area contributed by atoms with Gasteiger partial charge in [0.15, 0.2) is 0 Å². The predicted molar refractivity (Wildman–Crippen MR) is 139 cm³/mol. The van der Waals surface area contributed by atoms with E-state index in [-0.39, 0.29) is 10.6 Å². The highest BCUT2D eigenvalue weighted by atomic mass is 35.5. The van der Waals surface area contributed by atoms with E-state index < -0.39 is 5.92 Å². The summed E-state index contributed by atoms with van der Waals surface area (Å²) in [7, 11) is 3.94. The van der Waals surface area contributed by atoms with Crippen molar-refractivity contribution in [1.82, 2.24) is 4.90 Å². The Bertz CT molecular complexity index is 1020. The van der Waals surface area contributed by atoms with E-state index in [1.54, 1.807) is 6.07 Å². The normalized spacial score (nSPS) is 11.4. The maximum absolute atomic E-state index is 14.0. The molecule has 34 heavy (non-hydrogen) atoms. The first kappa shape index (κ1) is 27.7. The summed E-state index contributed by atoms with van der Waals surface area (Å²) in [6, 6.07) is 8.23. The highest BCUT2D eigenvalue weighted by Crippen LogP contribution is 2.39. The molecule has 4 nitrogen and oxygen atoms in total. The number of nitrogens with one attached hydrogen (secondary N) is 1.